The largest absolute Gasteiger partial charge is 0.381 e. The molecule has 1 aromatic carbocycles. The van der Waals surface area contributed by atoms with Gasteiger partial charge in [0.15, 0.2) is 0 Å². The summed E-state index contributed by atoms with van der Waals surface area (Å²) in [4.78, 5) is 0.0149. The van der Waals surface area contributed by atoms with Gasteiger partial charge in [-0.1, -0.05) is 23.2 Å². The number of sulfonamides is 1. The maximum atomic E-state index is 12.4. The van der Waals surface area contributed by atoms with Gasteiger partial charge in [-0.15, -0.1) is 0 Å². The summed E-state index contributed by atoms with van der Waals surface area (Å²) in [5, 5.41) is 0.454. The molecule has 0 aromatic heterocycles. The number of halogens is 2. The number of nitrogens with one attached hydrogen (secondary N) is 1. The van der Waals surface area contributed by atoms with Crippen LogP contribution in [0.1, 0.15) is 18.4 Å². The van der Waals surface area contributed by atoms with Crippen LogP contribution in [0.4, 0.5) is 0 Å². The summed E-state index contributed by atoms with van der Waals surface area (Å²) >= 11 is 12.1. The van der Waals surface area contributed by atoms with Crippen molar-refractivity contribution >= 4 is 33.2 Å². The van der Waals surface area contributed by atoms with E-state index in [1.807, 2.05) is 0 Å². The summed E-state index contributed by atoms with van der Waals surface area (Å²) in [7, 11) is -3.68. The molecule has 3 N–H and O–H groups in total. The molecule has 21 heavy (non-hydrogen) atoms. The molecule has 118 valence electrons. The van der Waals surface area contributed by atoms with E-state index in [1.165, 1.54) is 12.1 Å². The molecule has 2 rings (SSSR count). The molecule has 0 bridgehead atoms. The maximum Gasteiger partial charge on any atom is 0.242 e. The topological polar surface area (TPSA) is 81.4 Å². The van der Waals surface area contributed by atoms with E-state index in [0.717, 1.165) is 12.8 Å². The highest BCUT2D eigenvalue weighted by molar-refractivity contribution is 7.89. The normalized spacial score (nSPS) is 17.1. The second kappa shape index (κ2) is 7.26. The lowest BCUT2D eigenvalue weighted by molar-refractivity contribution is 0.0678. The Labute approximate surface area is 134 Å². The Morgan fingerprint density at radius 3 is 2.57 bits per heavy atom. The Morgan fingerprint density at radius 2 is 1.95 bits per heavy atom. The number of hydrogen-bond acceptors (Lipinski definition) is 4. The van der Waals surface area contributed by atoms with E-state index < -0.39 is 10.0 Å². The molecule has 1 aliphatic heterocycles. The Kier molecular flexibility index (Phi) is 5.88. The van der Waals surface area contributed by atoms with Crippen molar-refractivity contribution in [2.75, 3.05) is 19.8 Å². The van der Waals surface area contributed by atoms with Crippen LogP contribution in [-0.4, -0.2) is 28.2 Å². The highest BCUT2D eigenvalue weighted by atomic mass is 35.5. The first-order valence-electron chi connectivity index (χ1n) is 6.70. The average Bonchev–Trinajstić information content (AvgIpc) is 2.46. The van der Waals surface area contributed by atoms with Crippen molar-refractivity contribution in [2.45, 2.75) is 24.3 Å². The Hall–Kier alpha value is -0.370. The number of rotatable bonds is 5. The maximum absolute atomic E-state index is 12.4. The summed E-state index contributed by atoms with van der Waals surface area (Å²) in [5.74, 6) is 0.286. The summed E-state index contributed by atoms with van der Waals surface area (Å²) in [6.45, 7) is 1.81. The molecule has 0 saturated carbocycles. The summed E-state index contributed by atoms with van der Waals surface area (Å²) in [5.41, 5.74) is 5.99. The number of nitrogens with two attached hydrogens (primary N) is 1. The van der Waals surface area contributed by atoms with Crippen LogP contribution >= 0.6 is 23.2 Å². The zero-order chi connectivity index (χ0) is 15.5. The summed E-state index contributed by atoms with van der Waals surface area (Å²) in [6, 6.07) is 2.90. The molecule has 0 radical (unpaired) electrons. The minimum absolute atomic E-state index is 0.0149. The summed E-state index contributed by atoms with van der Waals surface area (Å²) < 4.78 is 32.6. The van der Waals surface area contributed by atoms with Gasteiger partial charge in [-0.3, -0.25) is 0 Å². The molecular formula is C13H18Cl2N2O3S. The zero-order valence-corrected chi connectivity index (χ0v) is 13.8. The second-order valence-corrected chi connectivity index (χ2v) is 7.47. The van der Waals surface area contributed by atoms with E-state index in [2.05, 4.69) is 4.72 Å². The minimum atomic E-state index is -3.68. The molecule has 0 spiro atoms. The van der Waals surface area contributed by atoms with Crippen LogP contribution < -0.4 is 10.5 Å². The van der Waals surface area contributed by atoms with Gasteiger partial charge in [0, 0.05) is 36.9 Å². The van der Waals surface area contributed by atoms with Crippen LogP contribution in [0.15, 0.2) is 17.0 Å². The minimum Gasteiger partial charge on any atom is -0.381 e. The molecule has 8 heteroatoms. The first-order valence-corrected chi connectivity index (χ1v) is 8.94. The van der Waals surface area contributed by atoms with Crippen molar-refractivity contribution in [1.29, 1.82) is 0 Å². The molecule has 0 unspecified atom stereocenters. The van der Waals surface area contributed by atoms with Crippen LogP contribution in [0, 0.1) is 5.92 Å². The molecule has 0 aliphatic carbocycles. The molecule has 0 atom stereocenters. The van der Waals surface area contributed by atoms with E-state index >= 15 is 0 Å². The van der Waals surface area contributed by atoms with Gasteiger partial charge in [0.05, 0.1) is 5.02 Å². The van der Waals surface area contributed by atoms with Crippen molar-refractivity contribution in [3.63, 3.8) is 0 Å². The van der Waals surface area contributed by atoms with E-state index in [4.69, 9.17) is 33.7 Å². The van der Waals surface area contributed by atoms with Crippen molar-refractivity contribution < 1.29 is 13.2 Å². The lowest BCUT2D eigenvalue weighted by Crippen LogP contribution is -2.32. The number of benzene rings is 1. The molecule has 1 aromatic rings. The molecule has 1 heterocycles. The van der Waals surface area contributed by atoms with Crippen LogP contribution in [0.5, 0.6) is 0 Å². The van der Waals surface area contributed by atoms with Crippen LogP contribution in [0.25, 0.3) is 0 Å². The number of hydrogen-bond donors (Lipinski definition) is 2. The van der Waals surface area contributed by atoms with Gasteiger partial charge in [0.2, 0.25) is 10.0 Å². The molecule has 0 amide bonds. The molecule has 5 nitrogen and oxygen atoms in total. The third-order valence-corrected chi connectivity index (χ3v) is 5.91. The number of ether oxygens (including phenoxy) is 1. The quantitative estimate of drug-likeness (QED) is 0.850. The molecular weight excluding hydrogens is 335 g/mol. The standard InChI is InChI=1S/C13H18Cl2N2O3S/c14-11-1-2-12(13(15)10(11)7-16)21(18,19)17-8-9-3-5-20-6-4-9/h1-2,9,17H,3-8,16H2. The van der Waals surface area contributed by atoms with Gasteiger partial charge < -0.3 is 10.5 Å². The van der Waals surface area contributed by atoms with E-state index in [-0.39, 0.29) is 22.4 Å². The van der Waals surface area contributed by atoms with Crippen LogP contribution in [0.3, 0.4) is 0 Å². The van der Waals surface area contributed by atoms with Crippen LogP contribution in [-0.2, 0) is 21.3 Å². The molecule has 1 aliphatic rings. The zero-order valence-electron chi connectivity index (χ0n) is 11.4. The van der Waals surface area contributed by atoms with Gasteiger partial charge in [-0.05, 0) is 30.9 Å². The highest BCUT2D eigenvalue weighted by Crippen LogP contribution is 2.30. The first-order chi connectivity index (χ1) is 9.95. The molecule has 1 saturated heterocycles. The SMILES string of the molecule is NCc1c(Cl)ccc(S(=O)(=O)NCC2CCOCC2)c1Cl. The Bertz CT molecular complexity index is 602. The first kappa shape index (κ1) is 17.0. The van der Waals surface area contributed by atoms with Crippen molar-refractivity contribution in [3.05, 3.63) is 27.7 Å². The van der Waals surface area contributed by atoms with E-state index in [1.54, 1.807) is 0 Å². The van der Waals surface area contributed by atoms with Gasteiger partial charge in [0.25, 0.3) is 0 Å². The lowest BCUT2D eigenvalue weighted by atomic mass is 10.0. The smallest absolute Gasteiger partial charge is 0.242 e. The fourth-order valence-electron chi connectivity index (χ4n) is 2.23. The van der Waals surface area contributed by atoms with Crippen LogP contribution in [0.2, 0.25) is 10.0 Å². The fourth-order valence-corrected chi connectivity index (χ4v) is 4.27. The van der Waals surface area contributed by atoms with Crippen molar-refractivity contribution in [2.24, 2.45) is 11.7 Å². The monoisotopic (exact) mass is 352 g/mol. The Balaban J connectivity index is 2.15. The third kappa shape index (κ3) is 4.09. The van der Waals surface area contributed by atoms with Crippen molar-refractivity contribution in [3.8, 4) is 0 Å². The second-order valence-electron chi connectivity index (χ2n) is 4.95. The molecule has 1 fully saturated rings. The predicted octanol–water partition coefficient (Wildman–Crippen LogP) is 2.16. The summed E-state index contributed by atoms with van der Waals surface area (Å²) in [6.07, 6.45) is 1.70. The Morgan fingerprint density at radius 1 is 1.29 bits per heavy atom. The predicted molar refractivity (Wildman–Crippen MR) is 83.1 cm³/mol. The van der Waals surface area contributed by atoms with Gasteiger partial charge >= 0.3 is 0 Å². The van der Waals surface area contributed by atoms with Gasteiger partial charge in [-0.2, -0.15) is 0 Å². The van der Waals surface area contributed by atoms with Crippen molar-refractivity contribution in [1.82, 2.24) is 4.72 Å². The van der Waals surface area contributed by atoms with E-state index in [9.17, 15) is 8.42 Å². The average molecular weight is 353 g/mol. The fraction of sp³-hybridized carbons (Fsp3) is 0.538. The third-order valence-electron chi connectivity index (χ3n) is 3.55. The van der Waals surface area contributed by atoms with E-state index in [0.29, 0.717) is 30.3 Å². The van der Waals surface area contributed by atoms with Gasteiger partial charge in [-0.25, -0.2) is 13.1 Å². The van der Waals surface area contributed by atoms with Gasteiger partial charge in [0.1, 0.15) is 4.90 Å². The highest BCUT2D eigenvalue weighted by Gasteiger charge is 2.23. The lowest BCUT2D eigenvalue weighted by Gasteiger charge is -2.22.